The van der Waals surface area contributed by atoms with Crippen molar-refractivity contribution in [3.05, 3.63) is 12.7 Å². The van der Waals surface area contributed by atoms with E-state index in [1.807, 2.05) is 19.6 Å². The van der Waals surface area contributed by atoms with Gasteiger partial charge in [0.1, 0.15) is 0 Å². The maximum Gasteiger partial charge on any atom is 0.0858 e. The Labute approximate surface area is 63.1 Å². The van der Waals surface area contributed by atoms with E-state index >= 15 is 0 Å². The van der Waals surface area contributed by atoms with Gasteiger partial charge < -0.3 is 10.5 Å². The van der Waals surface area contributed by atoms with Crippen LogP contribution in [0.15, 0.2) is 12.7 Å². The number of aliphatic hydroxyl groups excluding tert-OH is 1. The molecule has 0 amide bonds. The first-order valence-corrected chi connectivity index (χ1v) is 6.86. The van der Waals surface area contributed by atoms with E-state index in [1.165, 1.54) is 6.08 Å². The van der Waals surface area contributed by atoms with E-state index in [9.17, 15) is 5.11 Å². The van der Waals surface area contributed by atoms with Crippen LogP contribution in [-0.2, 0) is 0 Å². The van der Waals surface area contributed by atoms with E-state index < -0.39 is 13.8 Å². The summed E-state index contributed by atoms with van der Waals surface area (Å²) in [5, 5.41) is 16.7. The van der Waals surface area contributed by atoms with Crippen LogP contribution in [0.25, 0.3) is 0 Å². The monoisotopic (exact) mass is 157 g/mol. The Hall–Kier alpha value is -0.413. The van der Waals surface area contributed by atoms with Crippen molar-refractivity contribution in [3.63, 3.8) is 0 Å². The third kappa shape index (κ3) is 2.45. The maximum atomic E-state index is 9.42. The second kappa shape index (κ2) is 3.12. The molecule has 0 saturated heterocycles. The predicted octanol–water partition coefficient (Wildman–Crippen LogP) is 1.43. The molecule has 1 atom stereocenters. The highest BCUT2D eigenvalue weighted by Gasteiger charge is 2.26. The van der Waals surface area contributed by atoms with Gasteiger partial charge in [-0.05, 0) is 6.08 Å². The van der Waals surface area contributed by atoms with Gasteiger partial charge in [-0.25, -0.2) is 0 Å². The first kappa shape index (κ1) is 9.59. The van der Waals surface area contributed by atoms with Crippen molar-refractivity contribution in [2.24, 2.45) is 0 Å². The van der Waals surface area contributed by atoms with Crippen LogP contribution in [0, 0.1) is 5.41 Å². The molecule has 0 aliphatic heterocycles. The Bertz CT molecular complexity index is 148. The summed E-state index contributed by atoms with van der Waals surface area (Å²) in [6, 6.07) is 0. The molecule has 2 N–H and O–H groups in total. The summed E-state index contributed by atoms with van der Waals surface area (Å²) in [6.07, 6.45) is 1.41. The topological polar surface area (TPSA) is 44.1 Å². The van der Waals surface area contributed by atoms with Crippen molar-refractivity contribution in [2.45, 2.75) is 25.4 Å². The fourth-order valence-corrected chi connectivity index (χ4v) is 1.63. The molecule has 2 nitrogen and oxygen atoms in total. The Morgan fingerprint density at radius 1 is 1.60 bits per heavy atom. The van der Waals surface area contributed by atoms with Crippen molar-refractivity contribution in [3.8, 4) is 0 Å². The van der Waals surface area contributed by atoms with Gasteiger partial charge in [0.15, 0.2) is 0 Å². The highest BCUT2D eigenvalue weighted by molar-refractivity contribution is 6.80. The van der Waals surface area contributed by atoms with Crippen LogP contribution in [0.3, 0.4) is 0 Å². The Balaban J connectivity index is 4.21. The molecule has 0 aliphatic carbocycles. The average molecular weight is 157 g/mol. The normalized spacial score (nSPS) is 14.4. The minimum Gasteiger partial charge on any atom is -0.390 e. The summed E-state index contributed by atoms with van der Waals surface area (Å²) >= 11 is 0. The van der Waals surface area contributed by atoms with Gasteiger partial charge in [-0.2, -0.15) is 0 Å². The zero-order valence-corrected chi connectivity index (χ0v) is 7.81. The third-order valence-corrected chi connectivity index (χ3v) is 3.29. The summed E-state index contributed by atoms with van der Waals surface area (Å²) in [7, 11) is -1.58. The summed E-state index contributed by atoms with van der Waals surface area (Å²) < 4.78 is 0. The van der Waals surface area contributed by atoms with Gasteiger partial charge in [-0.15, -0.1) is 0 Å². The Morgan fingerprint density at radius 3 is 2.10 bits per heavy atom. The summed E-state index contributed by atoms with van der Waals surface area (Å²) in [6.45, 7) is 9.50. The second-order valence-corrected chi connectivity index (χ2v) is 8.71. The lowest BCUT2D eigenvalue weighted by atomic mass is 10.4. The Morgan fingerprint density at radius 2 is 2.00 bits per heavy atom. The molecular weight excluding hydrogens is 142 g/mol. The fourth-order valence-electron chi connectivity index (χ4n) is 0.578. The van der Waals surface area contributed by atoms with Crippen LogP contribution >= 0.6 is 0 Å². The summed E-state index contributed by atoms with van der Waals surface area (Å²) in [5.41, 5.74) is -0.316. The molecule has 0 aromatic heterocycles. The lowest BCUT2D eigenvalue weighted by molar-refractivity contribution is 0.308. The molecule has 0 radical (unpaired) electrons. The summed E-state index contributed by atoms with van der Waals surface area (Å²) in [5.74, 6) is 0. The number of nitrogens with one attached hydrogen (secondary N) is 1. The van der Waals surface area contributed by atoms with Crippen molar-refractivity contribution in [1.29, 1.82) is 5.41 Å². The fraction of sp³-hybridized carbons (Fsp3) is 0.571. The smallest absolute Gasteiger partial charge is 0.0858 e. The van der Waals surface area contributed by atoms with E-state index in [-0.39, 0.29) is 5.71 Å². The van der Waals surface area contributed by atoms with Crippen LogP contribution in [0.4, 0.5) is 0 Å². The molecule has 0 fully saturated rings. The van der Waals surface area contributed by atoms with Crippen LogP contribution in [-0.4, -0.2) is 24.6 Å². The SMILES string of the molecule is C=CC(=N)C(O)[Si](C)(C)C. The predicted molar refractivity (Wildman–Crippen MR) is 47.3 cm³/mol. The first-order chi connectivity index (χ1) is 4.39. The molecule has 1 unspecified atom stereocenters. The van der Waals surface area contributed by atoms with Crippen molar-refractivity contribution < 1.29 is 5.11 Å². The minimum absolute atomic E-state index is 0.249. The number of hydrogen-bond donors (Lipinski definition) is 2. The second-order valence-electron chi connectivity index (χ2n) is 3.43. The third-order valence-electron chi connectivity index (χ3n) is 1.33. The van der Waals surface area contributed by atoms with E-state index in [0.717, 1.165) is 0 Å². The number of rotatable bonds is 3. The van der Waals surface area contributed by atoms with E-state index in [2.05, 4.69) is 6.58 Å². The number of hydrogen-bond acceptors (Lipinski definition) is 2. The lowest BCUT2D eigenvalue weighted by Gasteiger charge is -2.22. The van der Waals surface area contributed by atoms with Gasteiger partial charge in [0.05, 0.1) is 19.5 Å². The van der Waals surface area contributed by atoms with Gasteiger partial charge in [0.2, 0.25) is 0 Å². The maximum absolute atomic E-state index is 9.42. The zero-order chi connectivity index (χ0) is 8.36. The van der Waals surface area contributed by atoms with Crippen molar-refractivity contribution in [2.75, 3.05) is 0 Å². The molecule has 10 heavy (non-hydrogen) atoms. The quantitative estimate of drug-likeness (QED) is 0.472. The molecule has 0 aromatic rings. The standard InChI is InChI=1S/C7H15NOSi/c1-5-6(8)7(9)10(2,3)4/h5,7-9H,1H2,2-4H3. The minimum atomic E-state index is -1.58. The van der Waals surface area contributed by atoms with Gasteiger partial charge in [-0.1, -0.05) is 26.2 Å². The van der Waals surface area contributed by atoms with Gasteiger partial charge in [0.25, 0.3) is 0 Å². The molecule has 0 aromatic carbocycles. The van der Waals surface area contributed by atoms with Crippen LogP contribution in [0.2, 0.25) is 19.6 Å². The van der Waals surface area contributed by atoms with E-state index in [1.54, 1.807) is 0 Å². The lowest BCUT2D eigenvalue weighted by Crippen LogP contribution is -2.42. The largest absolute Gasteiger partial charge is 0.390 e. The highest BCUT2D eigenvalue weighted by Crippen LogP contribution is 2.08. The number of aliphatic hydroxyl groups is 1. The van der Waals surface area contributed by atoms with E-state index in [4.69, 9.17) is 5.41 Å². The highest BCUT2D eigenvalue weighted by atomic mass is 28.3. The molecule has 58 valence electrons. The van der Waals surface area contributed by atoms with Crippen LogP contribution in [0.5, 0.6) is 0 Å². The van der Waals surface area contributed by atoms with Crippen molar-refractivity contribution in [1.82, 2.24) is 0 Å². The molecule has 0 bridgehead atoms. The van der Waals surface area contributed by atoms with Gasteiger partial charge >= 0.3 is 0 Å². The van der Waals surface area contributed by atoms with E-state index in [0.29, 0.717) is 0 Å². The average Bonchev–Trinajstić information content (AvgIpc) is 1.83. The van der Waals surface area contributed by atoms with Gasteiger partial charge in [-0.3, -0.25) is 0 Å². The molecule has 0 saturated carbocycles. The van der Waals surface area contributed by atoms with Crippen LogP contribution in [0.1, 0.15) is 0 Å². The zero-order valence-electron chi connectivity index (χ0n) is 6.81. The Kier molecular flexibility index (Phi) is 2.99. The summed E-state index contributed by atoms with van der Waals surface area (Å²) in [4.78, 5) is 0. The van der Waals surface area contributed by atoms with Gasteiger partial charge in [0, 0.05) is 0 Å². The molecule has 0 spiro atoms. The molecule has 0 rings (SSSR count). The molecular formula is C7H15NOSi. The molecule has 3 heteroatoms. The first-order valence-electron chi connectivity index (χ1n) is 3.28. The molecule has 0 heterocycles. The van der Waals surface area contributed by atoms with Crippen LogP contribution < -0.4 is 0 Å². The van der Waals surface area contributed by atoms with Crippen molar-refractivity contribution >= 4 is 13.8 Å². The molecule has 0 aliphatic rings.